The van der Waals surface area contributed by atoms with E-state index in [1.54, 1.807) is 5.56 Å². The maximum Gasteiger partial charge on any atom is 2.00 e. The standard InChI is InChI=1S/C31H57N4P2Si2.C5H5.Fe/c1-38(2,3)25-14-23(31(37,26-17-32-7-9-34-26)27-18-33-8-10-35-27)28(29(25)39(4,5)6)30-15-20-11-21(16-30)13-22(12-20)24(30)19-36;1-2-4-5-3-1;/h14,20-22,24,26-27,32-35H,7-13,15-19,36-37H2,1-6H3;1-5H;/q2*-1;+2. The van der Waals surface area contributed by atoms with Gasteiger partial charge < -0.3 is 21.3 Å². The van der Waals surface area contributed by atoms with E-state index in [4.69, 9.17) is 0 Å². The fourth-order valence-electron chi connectivity index (χ4n) is 10.7. The molecule has 6 fully saturated rings. The van der Waals surface area contributed by atoms with Crippen LogP contribution in [0.1, 0.15) is 43.2 Å². The molecular weight excluding hydrogens is 662 g/mol. The van der Waals surface area contributed by atoms with Crippen molar-refractivity contribution in [2.45, 2.75) is 94.0 Å². The molecule has 2 heterocycles. The van der Waals surface area contributed by atoms with Gasteiger partial charge in [-0.05, 0) is 72.5 Å². The third-order valence-electron chi connectivity index (χ3n) is 12.2. The Morgan fingerprint density at radius 3 is 1.84 bits per heavy atom. The van der Waals surface area contributed by atoms with Crippen LogP contribution in [0.3, 0.4) is 0 Å². The number of rotatable bonds is 7. The number of hydrogen-bond donors (Lipinski definition) is 4. The summed E-state index contributed by atoms with van der Waals surface area (Å²) in [6.07, 6.45) is 8.70. The third kappa shape index (κ3) is 6.90. The SMILES string of the molecule is C[Si](C)(C)c1cc(C(P)(C2CNCCN2)C2CNCCN2)c(C23CC4CC(CC(C4)C2CP)C3)[c-]1[Si](C)(C)C.[Fe+2].c1cc[cH-]c1. The Morgan fingerprint density at radius 1 is 0.889 bits per heavy atom. The van der Waals surface area contributed by atoms with E-state index in [0.29, 0.717) is 17.5 Å². The summed E-state index contributed by atoms with van der Waals surface area (Å²) in [4.78, 5) is 0. The van der Waals surface area contributed by atoms with Crippen LogP contribution < -0.4 is 31.6 Å². The second-order valence-electron chi connectivity index (χ2n) is 17.1. The monoisotopic (exact) mass is 724 g/mol. The van der Waals surface area contributed by atoms with E-state index in [-0.39, 0.29) is 22.2 Å². The van der Waals surface area contributed by atoms with Gasteiger partial charge in [0.05, 0.1) is 8.07 Å². The van der Waals surface area contributed by atoms with Crippen molar-refractivity contribution in [3.8, 4) is 0 Å². The summed E-state index contributed by atoms with van der Waals surface area (Å²) in [5, 5.41) is 19.4. The van der Waals surface area contributed by atoms with Crippen LogP contribution in [0.2, 0.25) is 39.3 Å². The van der Waals surface area contributed by atoms with Gasteiger partial charge in [-0.1, -0.05) is 39.3 Å². The number of nitrogens with one attached hydrogen (secondary N) is 4. The van der Waals surface area contributed by atoms with Crippen molar-refractivity contribution in [3.63, 3.8) is 0 Å². The van der Waals surface area contributed by atoms with Crippen LogP contribution in [0.25, 0.3) is 0 Å². The van der Waals surface area contributed by atoms with Crippen molar-refractivity contribution < 1.29 is 17.1 Å². The van der Waals surface area contributed by atoms with E-state index < -0.39 is 16.1 Å². The number of hydrogen-bond acceptors (Lipinski definition) is 4. The zero-order chi connectivity index (χ0) is 31.3. The Balaban J connectivity index is 0.000000609. The Labute approximate surface area is 292 Å². The molecule has 2 saturated heterocycles. The summed E-state index contributed by atoms with van der Waals surface area (Å²) in [5.41, 5.74) is 4.00. The molecule has 4 bridgehead atoms. The molecule has 0 radical (unpaired) electrons. The van der Waals surface area contributed by atoms with E-state index in [2.05, 4.69) is 85.1 Å². The summed E-state index contributed by atoms with van der Waals surface area (Å²) < 4.78 is 0. The molecule has 0 aromatic heterocycles. The Hall–Kier alpha value is 0.353. The minimum absolute atomic E-state index is 0. The van der Waals surface area contributed by atoms with Crippen LogP contribution in [0.4, 0.5) is 0 Å². The molecule has 4 saturated carbocycles. The molecule has 2 aromatic rings. The van der Waals surface area contributed by atoms with E-state index >= 15 is 0 Å². The van der Waals surface area contributed by atoms with E-state index in [0.717, 1.165) is 62.9 Å². The van der Waals surface area contributed by atoms with Gasteiger partial charge >= 0.3 is 17.1 Å². The molecule has 0 spiro atoms. The smallest absolute Gasteiger partial charge is 0.314 e. The second kappa shape index (κ2) is 14.3. The minimum atomic E-state index is -1.64. The van der Waals surface area contributed by atoms with Crippen molar-refractivity contribution in [1.82, 2.24) is 21.3 Å². The molecule has 4 nitrogen and oxygen atoms in total. The molecule has 0 amide bonds. The van der Waals surface area contributed by atoms with Gasteiger partial charge in [0.1, 0.15) is 0 Å². The summed E-state index contributed by atoms with van der Waals surface area (Å²) in [6.45, 7) is 22.2. The van der Waals surface area contributed by atoms with E-state index in [1.807, 2.05) is 46.3 Å². The topological polar surface area (TPSA) is 48.1 Å². The van der Waals surface area contributed by atoms with E-state index in [1.165, 1.54) is 38.3 Å². The van der Waals surface area contributed by atoms with Crippen LogP contribution in [-0.2, 0) is 27.6 Å². The first kappa shape index (κ1) is 36.6. The molecule has 7 atom stereocenters. The van der Waals surface area contributed by atoms with Gasteiger partial charge in [-0.25, -0.2) is 18.2 Å². The first-order valence-corrected chi connectivity index (χ1v) is 26.2. The molecule has 2 aliphatic heterocycles. The zero-order valence-corrected chi connectivity index (χ0v) is 34.3. The largest absolute Gasteiger partial charge is 2.00 e. The van der Waals surface area contributed by atoms with Crippen molar-refractivity contribution in [2.75, 3.05) is 45.4 Å². The van der Waals surface area contributed by atoms with Gasteiger partial charge in [-0.15, -0.1) is 18.5 Å². The van der Waals surface area contributed by atoms with E-state index in [9.17, 15) is 0 Å². The number of piperazine rings is 2. The van der Waals surface area contributed by atoms with Gasteiger partial charge in [0.2, 0.25) is 0 Å². The van der Waals surface area contributed by atoms with Crippen LogP contribution in [0, 0.1) is 23.7 Å². The quantitative estimate of drug-likeness (QED) is 0.191. The Bertz CT molecular complexity index is 1190. The van der Waals surface area contributed by atoms with Crippen molar-refractivity contribution in [3.05, 3.63) is 47.5 Å². The van der Waals surface area contributed by atoms with Gasteiger partial charge in [-0.3, -0.25) is 0 Å². The van der Waals surface area contributed by atoms with Crippen LogP contribution in [-0.4, -0.2) is 73.7 Å². The molecule has 9 heteroatoms. The first-order chi connectivity index (χ1) is 20.9. The maximum absolute atomic E-state index is 4.06. The second-order valence-corrected chi connectivity index (χ2v) is 28.6. The third-order valence-corrected chi connectivity index (χ3v) is 18.1. The molecule has 4 N–H and O–H groups in total. The molecule has 7 unspecified atom stereocenters. The average Bonchev–Trinajstić information content (AvgIpc) is 3.70. The predicted octanol–water partition coefficient (Wildman–Crippen LogP) is 4.66. The van der Waals surface area contributed by atoms with Gasteiger partial charge in [0.15, 0.2) is 0 Å². The minimum Gasteiger partial charge on any atom is -0.314 e. The van der Waals surface area contributed by atoms with Gasteiger partial charge in [-0.2, -0.15) is 39.7 Å². The van der Waals surface area contributed by atoms with Crippen molar-refractivity contribution in [1.29, 1.82) is 0 Å². The fraction of sp³-hybridized carbons (Fsp3) is 0.722. The zero-order valence-electron chi connectivity index (χ0n) is 28.9. The maximum atomic E-state index is 4.06. The molecule has 8 rings (SSSR count). The summed E-state index contributed by atoms with van der Waals surface area (Å²) >= 11 is 0. The summed E-state index contributed by atoms with van der Waals surface area (Å²) in [5.74, 6) is 3.66. The molecular formula is C36H62FeN4P2Si2. The van der Waals surface area contributed by atoms with Crippen LogP contribution >= 0.6 is 18.5 Å². The van der Waals surface area contributed by atoms with Crippen molar-refractivity contribution in [2.24, 2.45) is 23.7 Å². The summed E-state index contributed by atoms with van der Waals surface area (Å²) in [7, 11) is 3.61. The fourth-order valence-corrected chi connectivity index (χ4v) is 17.9. The molecule has 2 aromatic carbocycles. The molecule has 45 heavy (non-hydrogen) atoms. The normalized spacial score (nSPS) is 34.4. The predicted molar refractivity (Wildman–Crippen MR) is 204 cm³/mol. The van der Waals surface area contributed by atoms with Crippen LogP contribution in [0.15, 0.2) is 36.4 Å². The van der Waals surface area contributed by atoms with Gasteiger partial charge in [0.25, 0.3) is 0 Å². The Morgan fingerprint density at radius 2 is 1.44 bits per heavy atom. The first-order valence-electron chi connectivity index (χ1n) is 17.8. The van der Waals surface area contributed by atoms with Gasteiger partial charge in [0, 0.05) is 59.4 Å². The molecule has 4 aliphatic carbocycles. The molecule has 252 valence electrons. The average molecular weight is 725 g/mol. The van der Waals surface area contributed by atoms with Crippen molar-refractivity contribution >= 4 is 45.0 Å². The molecule has 6 aliphatic rings. The summed E-state index contributed by atoms with van der Waals surface area (Å²) in [6, 6.07) is 13.6. The van der Waals surface area contributed by atoms with Crippen LogP contribution in [0.5, 0.6) is 0 Å². The Kier molecular flexibility index (Phi) is 11.6.